The quantitative estimate of drug-likeness (QED) is 0.143. The molecule has 0 bridgehead atoms. The number of anilines is 6. The Labute approximate surface area is 356 Å². The summed E-state index contributed by atoms with van der Waals surface area (Å²) in [7, 11) is 0. The first-order chi connectivity index (χ1) is 30.6. The predicted octanol–water partition coefficient (Wildman–Crippen LogP) is 14.5. The second-order valence-electron chi connectivity index (χ2n) is 15.3. The molecule has 294 valence electrons. The topological polar surface area (TPSA) is 66.9 Å². The maximum atomic E-state index is 13.7. The molecule has 6 nitrogen and oxygen atoms in total. The van der Waals surface area contributed by atoms with Crippen LogP contribution in [-0.4, -0.2) is 0 Å². The van der Waals surface area contributed by atoms with E-state index in [0.717, 1.165) is 66.4 Å². The summed E-state index contributed by atoms with van der Waals surface area (Å²) in [6.07, 6.45) is 0. The average Bonchev–Trinajstić information content (AvgIpc) is 3.32. The maximum Gasteiger partial charge on any atom is 0.344 e. The Morgan fingerprint density at radius 2 is 0.694 bits per heavy atom. The van der Waals surface area contributed by atoms with Crippen molar-refractivity contribution in [2.24, 2.45) is 0 Å². The summed E-state index contributed by atoms with van der Waals surface area (Å²) in [5.74, 6) is 0. The molecule has 0 aliphatic rings. The number of rotatable bonds is 8. The van der Waals surface area contributed by atoms with Crippen molar-refractivity contribution >= 4 is 77.6 Å². The Balaban J connectivity index is 0.915. The van der Waals surface area contributed by atoms with Crippen molar-refractivity contribution in [1.29, 1.82) is 0 Å². The monoisotopic (exact) mass is 800 g/mol. The van der Waals surface area contributed by atoms with Gasteiger partial charge in [0.05, 0.1) is 22.5 Å². The third-order valence-corrected chi connectivity index (χ3v) is 11.5. The summed E-state index contributed by atoms with van der Waals surface area (Å²) in [6, 6.07) is 72.5. The summed E-state index contributed by atoms with van der Waals surface area (Å²) in [6.45, 7) is 0. The van der Waals surface area contributed by atoms with Gasteiger partial charge in [0.1, 0.15) is 11.2 Å². The second-order valence-corrected chi connectivity index (χ2v) is 15.3. The Morgan fingerprint density at radius 1 is 0.306 bits per heavy atom. The molecule has 0 N–H and O–H groups in total. The number of para-hydroxylation sites is 2. The van der Waals surface area contributed by atoms with E-state index in [9.17, 15) is 9.59 Å². The molecule has 0 saturated carbocycles. The van der Waals surface area contributed by atoms with Crippen LogP contribution in [0.15, 0.2) is 237 Å². The van der Waals surface area contributed by atoms with Gasteiger partial charge < -0.3 is 18.6 Å². The maximum absolute atomic E-state index is 13.7. The van der Waals surface area contributed by atoms with Crippen molar-refractivity contribution in [2.75, 3.05) is 9.80 Å². The van der Waals surface area contributed by atoms with E-state index in [0.29, 0.717) is 33.4 Å². The van der Waals surface area contributed by atoms with Gasteiger partial charge in [-0.25, -0.2) is 9.59 Å². The van der Waals surface area contributed by atoms with E-state index in [2.05, 4.69) is 107 Å². The molecule has 0 aliphatic carbocycles. The normalized spacial score (nSPS) is 11.4. The van der Waals surface area contributed by atoms with E-state index in [1.165, 1.54) is 0 Å². The molecule has 0 aliphatic heterocycles. The molecule has 0 spiro atoms. The highest BCUT2D eigenvalue weighted by Gasteiger charge is 2.19. The summed E-state index contributed by atoms with van der Waals surface area (Å²) in [4.78, 5) is 31.7. The Morgan fingerprint density at radius 3 is 1.13 bits per heavy atom. The van der Waals surface area contributed by atoms with Crippen molar-refractivity contribution in [1.82, 2.24) is 0 Å². The Kier molecular flexibility index (Phi) is 9.02. The zero-order chi connectivity index (χ0) is 41.6. The first-order valence-corrected chi connectivity index (χ1v) is 20.5. The molecule has 6 heteroatoms. The van der Waals surface area contributed by atoms with Crippen LogP contribution >= 0.6 is 0 Å². The smallest absolute Gasteiger partial charge is 0.344 e. The van der Waals surface area contributed by atoms with Crippen LogP contribution in [0, 0.1) is 0 Å². The SMILES string of the molecule is O=c1oc2cc(N(c3ccccc3)c3cccc4ccccc34)ccc2cc1-c1ccc(-c2cc3ccc(N(c4ccccc4)c4cccc5ccccc45)cc3oc2=O)cc1. The number of nitrogens with zero attached hydrogens (tertiary/aromatic N) is 2. The van der Waals surface area contributed by atoms with Crippen molar-refractivity contribution < 1.29 is 8.83 Å². The molecular formula is C56H36N2O4. The van der Waals surface area contributed by atoms with Crippen LogP contribution in [0.2, 0.25) is 0 Å². The van der Waals surface area contributed by atoms with Gasteiger partial charge in [0.25, 0.3) is 0 Å². The Hall–Kier alpha value is -8.48. The summed E-state index contributed by atoms with van der Waals surface area (Å²) in [5, 5.41) is 6.06. The number of hydrogen-bond acceptors (Lipinski definition) is 6. The molecule has 2 aromatic heterocycles. The van der Waals surface area contributed by atoms with Crippen LogP contribution in [0.25, 0.3) is 65.7 Å². The van der Waals surface area contributed by atoms with Crippen LogP contribution in [-0.2, 0) is 0 Å². The van der Waals surface area contributed by atoms with E-state index in [-0.39, 0.29) is 0 Å². The molecule has 0 amide bonds. The minimum absolute atomic E-state index is 0.429. The van der Waals surface area contributed by atoms with Crippen molar-refractivity contribution in [2.45, 2.75) is 0 Å². The molecule has 0 fully saturated rings. The van der Waals surface area contributed by atoms with Crippen LogP contribution in [0.1, 0.15) is 0 Å². The highest BCUT2D eigenvalue weighted by atomic mass is 16.4. The van der Waals surface area contributed by atoms with Gasteiger partial charge in [0.15, 0.2) is 0 Å². The molecule has 0 unspecified atom stereocenters. The van der Waals surface area contributed by atoms with Gasteiger partial charge in [-0.05, 0) is 94.7 Å². The van der Waals surface area contributed by atoms with Gasteiger partial charge >= 0.3 is 11.3 Å². The third-order valence-electron chi connectivity index (χ3n) is 11.5. The lowest BCUT2D eigenvalue weighted by atomic mass is 10.0. The zero-order valence-electron chi connectivity index (χ0n) is 33.3. The largest absolute Gasteiger partial charge is 0.422 e. The lowest BCUT2D eigenvalue weighted by Gasteiger charge is -2.27. The highest BCUT2D eigenvalue weighted by molar-refractivity contribution is 6.01. The van der Waals surface area contributed by atoms with Crippen molar-refractivity contribution in [3.05, 3.63) is 239 Å². The van der Waals surface area contributed by atoms with Crippen LogP contribution in [0.3, 0.4) is 0 Å². The fourth-order valence-corrected chi connectivity index (χ4v) is 8.53. The lowest BCUT2D eigenvalue weighted by Crippen LogP contribution is -2.11. The molecule has 9 aromatic carbocycles. The minimum atomic E-state index is -0.451. The van der Waals surface area contributed by atoms with Crippen LogP contribution in [0.5, 0.6) is 0 Å². The highest BCUT2D eigenvalue weighted by Crippen LogP contribution is 2.42. The van der Waals surface area contributed by atoms with E-state index < -0.39 is 11.3 Å². The summed E-state index contributed by atoms with van der Waals surface area (Å²) >= 11 is 0. The second kappa shape index (κ2) is 15.3. The van der Waals surface area contributed by atoms with E-state index in [1.807, 2.05) is 121 Å². The fourth-order valence-electron chi connectivity index (χ4n) is 8.53. The minimum Gasteiger partial charge on any atom is -0.422 e. The number of hydrogen-bond donors (Lipinski definition) is 0. The summed E-state index contributed by atoms with van der Waals surface area (Å²) < 4.78 is 12.1. The number of benzene rings is 9. The molecule has 0 radical (unpaired) electrons. The Bertz CT molecular complexity index is 3330. The average molecular weight is 801 g/mol. The van der Waals surface area contributed by atoms with Gasteiger partial charge in [-0.15, -0.1) is 0 Å². The van der Waals surface area contributed by atoms with Gasteiger partial charge in [-0.1, -0.05) is 133 Å². The van der Waals surface area contributed by atoms with Gasteiger partial charge in [0, 0.05) is 56.4 Å². The molecular weight excluding hydrogens is 765 g/mol. The zero-order valence-corrected chi connectivity index (χ0v) is 33.3. The standard InChI is InChI=1S/C56H36N2O4/c59-55-49(33-41-29-31-45(35-53(41)61-55)57(43-17-3-1-4-18-43)51-23-11-15-37-13-7-9-21-47(37)51)39-25-27-40(28-26-39)50-34-42-30-32-46(36-54(42)62-56(50)60)58(44-19-5-2-6-20-44)52-24-12-16-38-14-8-10-22-48(38)52/h1-36H. The molecule has 2 heterocycles. The third kappa shape index (κ3) is 6.57. The van der Waals surface area contributed by atoms with E-state index in [4.69, 9.17) is 8.83 Å². The van der Waals surface area contributed by atoms with Crippen LogP contribution < -0.4 is 21.1 Å². The summed E-state index contributed by atoms with van der Waals surface area (Å²) in [5.41, 5.74) is 8.01. The van der Waals surface area contributed by atoms with E-state index >= 15 is 0 Å². The van der Waals surface area contributed by atoms with Crippen molar-refractivity contribution in [3.63, 3.8) is 0 Å². The first kappa shape index (κ1) is 36.6. The number of fused-ring (bicyclic) bond motifs is 4. The molecule has 11 rings (SSSR count). The van der Waals surface area contributed by atoms with Gasteiger partial charge in [-0.3, -0.25) is 0 Å². The molecule has 11 aromatic rings. The lowest BCUT2D eigenvalue weighted by molar-refractivity contribution is 0.563. The molecule has 0 atom stereocenters. The predicted molar refractivity (Wildman–Crippen MR) is 254 cm³/mol. The van der Waals surface area contributed by atoms with Gasteiger partial charge in [-0.2, -0.15) is 0 Å². The molecule has 0 saturated heterocycles. The molecule has 62 heavy (non-hydrogen) atoms. The first-order valence-electron chi connectivity index (χ1n) is 20.5. The van der Waals surface area contributed by atoms with Crippen molar-refractivity contribution in [3.8, 4) is 22.3 Å². The van der Waals surface area contributed by atoms with Gasteiger partial charge in [0.2, 0.25) is 0 Å². The van der Waals surface area contributed by atoms with E-state index in [1.54, 1.807) is 0 Å². The fraction of sp³-hybridized carbons (Fsp3) is 0. The van der Waals surface area contributed by atoms with Crippen LogP contribution in [0.4, 0.5) is 34.1 Å².